The van der Waals surface area contributed by atoms with Crippen molar-refractivity contribution in [3.8, 4) is 0 Å². The third-order valence-electron chi connectivity index (χ3n) is 1.87. The van der Waals surface area contributed by atoms with Crippen LogP contribution in [0.15, 0.2) is 0 Å². The van der Waals surface area contributed by atoms with E-state index in [2.05, 4.69) is 9.05 Å². The van der Waals surface area contributed by atoms with E-state index in [1.165, 1.54) is 0 Å². The molecule has 0 aromatic heterocycles. The van der Waals surface area contributed by atoms with Crippen molar-refractivity contribution in [1.82, 2.24) is 0 Å². The molecule has 0 saturated heterocycles. The summed E-state index contributed by atoms with van der Waals surface area (Å²) in [6, 6.07) is 0. The zero-order valence-corrected chi connectivity index (χ0v) is 11.5. The van der Waals surface area contributed by atoms with Crippen LogP contribution < -0.4 is 0 Å². The van der Waals surface area contributed by atoms with Crippen molar-refractivity contribution in [1.29, 1.82) is 0 Å². The maximum absolute atomic E-state index is 10.9. The normalized spacial score (nSPS) is 17.6. The summed E-state index contributed by atoms with van der Waals surface area (Å²) >= 11 is 0. The monoisotopic (exact) mass is 340 g/mol. The van der Waals surface area contributed by atoms with Crippen LogP contribution in [0, 0.1) is 0 Å². The first-order chi connectivity index (χ1) is 8.87. The summed E-state index contributed by atoms with van der Waals surface area (Å²) in [6.45, 7) is -2.41. The van der Waals surface area contributed by atoms with Gasteiger partial charge in [0.05, 0.1) is 6.61 Å². The first-order valence-electron chi connectivity index (χ1n) is 4.81. The van der Waals surface area contributed by atoms with Crippen molar-refractivity contribution < 1.29 is 57.9 Å². The molecule has 0 aromatic carbocycles. The van der Waals surface area contributed by atoms with Crippen LogP contribution in [0.3, 0.4) is 0 Å². The Labute approximate surface area is 112 Å². The maximum Gasteiger partial charge on any atom is 0.470 e. The Hall–Kier alpha value is -0.230. The van der Waals surface area contributed by atoms with E-state index in [1.54, 1.807) is 0 Å². The summed E-state index contributed by atoms with van der Waals surface area (Å²) < 4.78 is 28.9. The van der Waals surface area contributed by atoms with Gasteiger partial charge < -0.3 is 34.9 Å². The van der Waals surface area contributed by atoms with Gasteiger partial charge in [-0.1, -0.05) is 0 Å². The summed E-state index contributed by atoms with van der Waals surface area (Å²) in [6.07, 6.45) is -6.72. The summed E-state index contributed by atoms with van der Waals surface area (Å²) in [5, 5.41) is 27.2. The van der Waals surface area contributed by atoms with Crippen LogP contribution in [-0.4, -0.2) is 72.2 Å². The minimum atomic E-state index is -5.21. The molecule has 0 unspecified atom stereocenters. The molecule has 3 atom stereocenters. The quantitative estimate of drug-likeness (QED) is 0.207. The zero-order valence-electron chi connectivity index (χ0n) is 9.71. The van der Waals surface area contributed by atoms with Crippen LogP contribution in [0.5, 0.6) is 0 Å². The summed E-state index contributed by atoms with van der Waals surface area (Å²) in [4.78, 5) is 44.9. The predicted molar refractivity (Wildman–Crippen MR) is 59.0 cm³/mol. The molecule has 0 saturated carbocycles. The lowest BCUT2D eigenvalue weighted by atomic mass is 10.1. The van der Waals surface area contributed by atoms with Gasteiger partial charge in [-0.25, -0.2) is 9.13 Å². The Balaban J connectivity index is 4.96. The second-order valence-corrected chi connectivity index (χ2v) is 5.91. The van der Waals surface area contributed by atoms with Gasteiger partial charge in [0.2, 0.25) is 0 Å². The first kappa shape index (κ1) is 19.8. The lowest BCUT2D eigenvalue weighted by molar-refractivity contribution is -0.142. The van der Waals surface area contributed by atoms with Crippen LogP contribution in [0.25, 0.3) is 0 Å². The number of hydrogen-bond acceptors (Lipinski definition) is 8. The fraction of sp³-hybridized carbons (Fsp3) is 0.833. The second-order valence-electron chi connectivity index (χ2n) is 3.48. The van der Waals surface area contributed by atoms with Crippen molar-refractivity contribution >= 4 is 21.4 Å². The number of ketones is 1. The van der Waals surface area contributed by atoms with Gasteiger partial charge in [-0.3, -0.25) is 13.8 Å². The molecule has 0 aliphatic rings. The molecule has 120 valence electrons. The average Bonchev–Trinajstić information content (AvgIpc) is 2.29. The van der Waals surface area contributed by atoms with Crippen molar-refractivity contribution in [3.63, 3.8) is 0 Å². The van der Waals surface area contributed by atoms with Gasteiger partial charge in [-0.2, -0.15) is 0 Å². The number of phosphoric acid groups is 2. The summed E-state index contributed by atoms with van der Waals surface area (Å²) in [5.41, 5.74) is 0. The highest BCUT2D eigenvalue weighted by molar-refractivity contribution is 7.46. The molecule has 0 aliphatic heterocycles. The molecule has 0 radical (unpaired) electrons. The largest absolute Gasteiger partial charge is 0.470 e. The molecule has 0 heterocycles. The topological polar surface area (TPSA) is 211 Å². The van der Waals surface area contributed by atoms with E-state index in [0.29, 0.717) is 0 Å². The fourth-order valence-electron chi connectivity index (χ4n) is 1.03. The van der Waals surface area contributed by atoms with Gasteiger partial charge in [-0.05, 0) is 0 Å². The SMILES string of the molecule is O=C(CO)[C@H](O)[C@@H](O)[C@H](COP(=O)(O)O)OP(=O)(O)O. The zero-order chi connectivity index (χ0) is 16.1. The molecular weight excluding hydrogens is 326 g/mol. The molecule has 20 heavy (non-hydrogen) atoms. The van der Waals surface area contributed by atoms with E-state index in [9.17, 15) is 24.1 Å². The number of aliphatic hydroxyl groups excluding tert-OH is 3. The number of rotatable bonds is 9. The van der Waals surface area contributed by atoms with Crippen LogP contribution in [0.1, 0.15) is 0 Å². The van der Waals surface area contributed by atoms with Gasteiger partial charge in [0.25, 0.3) is 0 Å². The van der Waals surface area contributed by atoms with Crippen LogP contribution >= 0.6 is 15.6 Å². The smallest absolute Gasteiger partial charge is 0.388 e. The number of carbonyl (C=O) groups excluding carboxylic acids is 1. The maximum atomic E-state index is 10.9. The highest BCUT2D eigenvalue weighted by atomic mass is 31.2. The fourth-order valence-corrected chi connectivity index (χ4v) is 1.91. The van der Waals surface area contributed by atoms with E-state index in [1.807, 2.05) is 0 Å². The third-order valence-corrected chi connectivity index (χ3v) is 2.90. The highest BCUT2D eigenvalue weighted by Crippen LogP contribution is 2.41. The Morgan fingerprint density at radius 3 is 1.90 bits per heavy atom. The van der Waals surface area contributed by atoms with E-state index in [4.69, 9.17) is 24.7 Å². The molecule has 0 aromatic rings. The number of Topliss-reactive ketones (excluding diaryl/α,β-unsaturated/α-hetero) is 1. The molecule has 0 aliphatic carbocycles. The highest BCUT2D eigenvalue weighted by Gasteiger charge is 2.37. The van der Waals surface area contributed by atoms with Crippen molar-refractivity contribution in [2.75, 3.05) is 13.2 Å². The summed E-state index contributed by atoms with van der Waals surface area (Å²) in [5.74, 6) is -1.30. The van der Waals surface area contributed by atoms with Gasteiger partial charge in [0, 0.05) is 0 Å². The molecule has 0 bridgehead atoms. The number of hydrogen-bond donors (Lipinski definition) is 7. The Morgan fingerprint density at radius 2 is 1.55 bits per heavy atom. The molecular formula is C6H14O12P2. The van der Waals surface area contributed by atoms with E-state index in [0.717, 1.165) is 0 Å². The minimum absolute atomic E-state index is 1.18. The van der Waals surface area contributed by atoms with Crippen molar-refractivity contribution in [3.05, 3.63) is 0 Å². The molecule has 12 nitrogen and oxygen atoms in total. The Morgan fingerprint density at radius 1 is 1.05 bits per heavy atom. The number of phosphoric ester groups is 2. The molecule has 0 rings (SSSR count). The Bertz CT molecular complexity index is 410. The standard InChI is InChI=1S/C6H14O12P2/c7-1-3(8)5(9)6(10)4(18-20(14,15)16)2-17-19(11,12)13/h4-7,9-10H,1-2H2,(H2,11,12,13)(H2,14,15,16)/t4-,5-,6-/m0/s1. The van der Waals surface area contributed by atoms with Crippen LogP contribution in [-0.2, 0) is 23.0 Å². The van der Waals surface area contributed by atoms with E-state index >= 15 is 0 Å². The molecule has 0 spiro atoms. The molecule has 7 N–H and O–H groups in total. The van der Waals surface area contributed by atoms with Crippen LogP contribution in [0.2, 0.25) is 0 Å². The van der Waals surface area contributed by atoms with Crippen LogP contribution in [0.4, 0.5) is 0 Å². The van der Waals surface area contributed by atoms with Gasteiger partial charge >= 0.3 is 15.6 Å². The molecule has 14 heteroatoms. The van der Waals surface area contributed by atoms with Gasteiger partial charge in [0.1, 0.15) is 24.9 Å². The predicted octanol–water partition coefficient (Wildman–Crippen LogP) is -3.14. The lowest BCUT2D eigenvalue weighted by Gasteiger charge is -2.25. The second kappa shape index (κ2) is 7.69. The van der Waals surface area contributed by atoms with E-state index in [-0.39, 0.29) is 0 Å². The lowest BCUT2D eigenvalue weighted by Crippen LogP contribution is -2.46. The third kappa shape index (κ3) is 8.15. The first-order valence-corrected chi connectivity index (χ1v) is 7.87. The Kier molecular flexibility index (Phi) is 7.60. The van der Waals surface area contributed by atoms with E-state index < -0.39 is 53.0 Å². The van der Waals surface area contributed by atoms with Crippen molar-refractivity contribution in [2.45, 2.75) is 18.3 Å². The molecule has 0 fully saturated rings. The molecule has 0 amide bonds. The summed E-state index contributed by atoms with van der Waals surface area (Å²) in [7, 11) is -10.3. The van der Waals surface area contributed by atoms with Gasteiger partial charge in [-0.15, -0.1) is 0 Å². The van der Waals surface area contributed by atoms with Gasteiger partial charge in [0.15, 0.2) is 5.78 Å². The number of carbonyl (C=O) groups is 1. The number of aliphatic hydroxyl groups is 3. The van der Waals surface area contributed by atoms with Crippen molar-refractivity contribution in [2.24, 2.45) is 0 Å². The average molecular weight is 340 g/mol. The minimum Gasteiger partial charge on any atom is -0.388 e.